The number of benzene rings is 2. The quantitative estimate of drug-likeness (QED) is 0.644. The van der Waals surface area contributed by atoms with E-state index in [0.29, 0.717) is 12.1 Å². The van der Waals surface area contributed by atoms with Crippen LogP contribution in [0.1, 0.15) is 51.7 Å². The molecule has 0 spiro atoms. The number of fused-ring (bicyclic) bond motifs is 1. The second-order valence-corrected chi connectivity index (χ2v) is 7.07. The van der Waals surface area contributed by atoms with Crippen molar-refractivity contribution in [3.05, 3.63) is 70.9 Å². The lowest BCUT2D eigenvalue weighted by atomic mass is 10.0. The maximum absolute atomic E-state index is 12.4. The Balaban J connectivity index is 2.26. The van der Waals surface area contributed by atoms with E-state index >= 15 is 0 Å². The Bertz CT molecular complexity index is 953. The molecule has 0 atom stereocenters. The molecule has 1 amide bonds. The zero-order chi connectivity index (χ0) is 18.8. The average Bonchev–Trinajstić information content (AvgIpc) is 2.94. The first kappa shape index (κ1) is 17.9. The Morgan fingerprint density at radius 3 is 2.38 bits per heavy atom. The van der Waals surface area contributed by atoms with E-state index in [1.807, 2.05) is 30.3 Å². The molecule has 26 heavy (non-hydrogen) atoms. The van der Waals surface area contributed by atoms with Crippen LogP contribution in [0.5, 0.6) is 0 Å². The minimum absolute atomic E-state index is 0.0434. The monoisotopic (exact) mass is 348 g/mol. The molecule has 3 aromatic rings. The largest absolute Gasteiger partial charge is 0.345 e. The summed E-state index contributed by atoms with van der Waals surface area (Å²) in [6, 6.07) is 15.8. The second-order valence-electron chi connectivity index (χ2n) is 7.07. The van der Waals surface area contributed by atoms with Crippen LogP contribution in [0.25, 0.3) is 10.9 Å². The van der Waals surface area contributed by atoms with Crippen LogP contribution >= 0.6 is 0 Å². The molecule has 1 aromatic heterocycles. The molecule has 2 aromatic carbocycles. The highest BCUT2D eigenvalue weighted by atomic mass is 16.2. The molecule has 0 unspecified atom stereocenters. The van der Waals surface area contributed by atoms with Crippen molar-refractivity contribution in [2.24, 2.45) is 0 Å². The lowest BCUT2D eigenvalue weighted by molar-refractivity contribution is 0.0827. The second kappa shape index (κ2) is 7.16. The fourth-order valence-corrected chi connectivity index (χ4v) is 3.47. The van der Waals surface area contributed by atoms with Gasteiger partial charge < -0.3 is 9.47 Å². The number of carbonyl (C=O) groups excluding carboxylic acids is 2. The van der Waals surface area contributed by atoms with Crippen LogP contribution in [0, 0.1) is 0 Å². The Morgan fingerprint density at radius 2 is 1.81 bits per heavy atom. The molecule has 0 aliphatic heterocycles. The normalized spacial score (nSPS) is 11.1. The summed E-state index contributed by atoms with van der Waals surface area (Å²) < 4.78 is 2.17. The van der Waals surface area contributed by atoms with E-state index in [9.17, 15) is 9.59 Å². The summed E-state index contributed by atoms with van der Waals surface area (Å²) in [6.45, 7) is 4.85. The third kappa shape index (κ3) is 3.15. The first-order valence-electron chi connectivity index (χ1n) is 8.81. The van der Waals surface area contributed by atoms with E-state index in [2.05, 4.69) is 30.5 Å². The molecular weight excluding hydrogens is 324 g/mol. The van der Waals surface area contributed by atoms with Crippen LogP contribution in [-0.4, -0.2) is 35.8 Å². The molecule has 1 heterocycles. The molecule has 0 fully saturated rings. The van der Waals surface area contributed by atoms with Crippen molar-refractivity contribution in [2.45, 2.75) is 26.3 Å². The highest BCUT2D eigenvalue weighted by Gasteiger charge is 2.21. The van der Waals surface area contributed by atoms with Crippen molar-refractivity contribution < 1.29 is 9.59 Å². The van der Waals surface area contributed by atoms with E-state index < -0.39 is 0 Å². The van der Waals surface area contributed by atoms with Gasteiger partial charge in [0.15, 0.2) is 6.29 Å². The maximum atomic E-state index is 12.4. The molecule has 0 saturated carbocycles. The van der Waals surface area contributed by atoms with Gasteiger partial charge in [-0.15, -0.1) is 0 Å². The highest BCUT2D eigenvalue weighted by Crippen LogP contribution is 2.32. The number of aldehydes is 1. The molecule has 0 bridgehead atoms. The van der Waals surface area contributed by atoms with E-state index in [4.69, 9.17) is 0 Å². The number of carbonyl (C=O) groups is 2. The Labute approximate surface area is 154 Å². The van der Waals surface area contributed by atoms with Gasteiger partial charge in [-0.3, -0.25) is 9.59 Å². The molecular formula is C22H24N2O2. The van der Waals surface area contributed by atoms with Crippen molar-refractivity contribution >= 4 is 23.1 Å². The van der Waals surface area contributed by atoms with Gasteiger partial charge in [0.1, 0.15) is 0 Å². The standard InChI is InChI=1S/C22H24N2O2/c1-15(2)21-19(14-25)18-11-10-17(22(26)23(3)4)12-20(18)24(21)13-16-8-6-5-7-9-16/h5-12,14-15H,13H2,1-4H3. The van der Waals surface area contributed by atoms with Crippen molar-refractivity contribution in [1.82, 2.24) is 9.47 Å². The van der Waals surface area contributed by atoms with Gasteiger partial charge in [0.25, 0.3) is 5.91 Å². The third-order valence-corrected chi connectivity index (χ3v) is 4.65. The third-order valence-electron chi connectivity index (χ3n) is 4.65. The van der Waals surface area contributed by atoms with Crippen molar-refractivity contribution in [1.29, 1.82) is 0 Å². The van der Waals surface area contributed by atoms with Gasteiger partial charge in [0, 0.05) is 42.8 Å². The first-order valence-corrected chi connectivity index (χ1v) is 8.81. The lowest BCUT2D eigenvalue weighted by Crippen LogP contribution is -2.21. The summed E-state index contributed by atoms with van der Waals surface area (Å²) in [5.41, 5.74) is 4.44. The van der Waals surface area contributed by atoms with E-state index in [1.165, 1.54) is 0 Å². The van der Waals surface area contributed by atoms with Crippen molar-refractivity contribution in [3.8, 4) is 0 Å². The van der Waals surface area contributed by atoms with Crippen LogP contribution in [-0.2, 0) is 6.54 Å². The predicted molar refractivity (Wildman–Crippen MR) is 105 cm³/mol. The molecule has 0 aliphatic rings. The van der Waals surface area contributed by atoms with Crippen molar-refractivity contribution in [2.75, 3.05) is 14.1 Å². The lowest BCUT2D eigenvalue weighted by Gasteiger charge is -2.15. The van der Waals surface area contributed by atoms with Gasteiger partial charge in [-0.2, -0.15) is 0 Å². The summed E-state index contributed by atoms with van der Waals surface area (Å²) in [6.07, 6.45) is 0.937. The van der Waals surface area contributed by atoms with Crippen LogP contribution in [0.3, 0.4) is 0 Å². The Morgan fingerprint density at radius 1 is 1.12 bits per heavy atom. The van der Waals surface area contributed by atoms with Crippen LogP contribution < -0.4 is 0 Å². The minimum atomic E-state index is -0.0434. The molecule has 0 N–H and O–H groups in total. The Hall–Kier alpha value is -2.88. The summed E-state index contributed by atoms with van der Waals surface area (Å²) in [5, 5.41) is 0.898. The smallest absolute Gasteiger partial charge is 0.253 e. The summed E-state index contributed by atoms with van der Waals surface area (Å²) in [4.78, 5) is 25.8. The van der Waals surface area contributed by atoms with E-state index in [0.717, 1.165) is 34.0 Å². The average molecular weight is 348 g/mol. The van der Waals surface area contributed by atoms with Crippen LogP contribution in [0.15, 0.2) is 48.5 Å². The SMILES string of the molecule is CC(C)c1c(C=O)c2ccc(C(=O)N(C)C)cc2n1Cc1ccccc1. The number of rotatable bonds is 5. The fraction of sp³-hybridized carbons (Fsp3) is 0.273. The van der Waals surface area contributed by atoms with Crippen LogP contribution in [0.4, 0.5) is 0 Å². The summed E-state index contributed by atoms with van der Waals surface area (Å²) in [5.74, 6) is 0.150. The van der Waals surface area contributed by atoms with Gasteiger partial charge in [0.05, 0.1) is 5.52 Å². The molecule has 3 rings (SSSR count). The molecule has 4 heteroatoms. The number of aromatic nitrogens is 1. The maximum Gasteiger partial charge on any atom is 0.253 e. The van der Waals surface area contributed by atoms with Gasteiger partial charge in [-0.1, -0.05) is 50.2 Å². The number of nitrogens with zero attached hydrogens (tertiary/aromatic N) is 2. The van der Waals surface area contributed by atoms with E-state index in [1.54, 1.807) is 25.1 Å². The molecule has 0 aliphatic carbocycles. The fourth-order valence-electron chi connectivity index (χ4n) is 3.47. The summed E-state index contributed by atoms with van der Waals surface area (Å²) in [7, 11) is 3.48. The molecule has 0 radical (unpaired) electrons. The Kier molecular flexibility index (Phi) is 4.94. The van der Waals surface area contributed by atoms with Crippen molar-refractivity contribution in [3.63, 3.8) is 0 Å². The van der Waals surface area contributed by atoms with E-state index in [-0.39, 0.29) is 11.8 Å². The summed E-state index contributed by atoms with van der Waals surface area (Å²) >= 11 is 0. The zero-order valence-corrected chi connectivity index (χ0v) is 15.7. The van der Waals surface area contributed by atoms with Gasteiger partial charge in [-0.05, 0) is 23.6 Å². The predicted octanol–water partition coefficient (Wildman–Crippen LogP) is 4.33. The first-order chi connectivity index (χ1) is 12.4. The van der Waals surface area contributed by atoms with Crippen LogP contribution in [0.2, 0.25) is 0 Å². The number of hydrogen-bond donors (Lipinski definition) is 0. The minimum Gasteiger partial charge on any atom is -0.345 e. The highest BCUT2D eigenvalue weighted by molar-refractivity contribution is 6.03. The zero-order valence-electron chi connectivity index (χ0n) is 15.7. The van der Waals surface area contributed by atoms with Gasteiger partial charge in [-0.25, -0.2) is 0 Å². The number of hydrogen-bond acceptors (Lipinski definition) is 2. The van der Waals surface area contributed by atoms with Gasteiger partial charge in [0.2, 0.25) is 0 Å². The molecule has 134 valence electrons. The molecule has 4 nitrogen and oxygen atoms in total. The molecule has 0 saturated heterocycles. The topological polar surface area (TPSA) is 42.3 Å². The van der Waals surface area contributed by atoms with Gasteiger partial charge >= 0.3 is 0 Å². The number of amides is 1.